The number of likely N-dealkylation sites (N-methyl/N-ethyl adjacent to an activating group) is 1. The first kappa shape index (κ1) is 20.9. The molecule has 0 fully saturated rings. The SMILES string of the molecule is CN(C)CCNC(=O)c1csc(-c2ccccc2OCc2cc(F)cc(F)c2)n1. The van der Waals surface area contributed by atoms with Gasteiger partial charge in [-0.2, -0.15) is 0 Å². The number of carbonyl (C=O) groups is 1. The normalized spacial score (nSPS) is 10.9. The lowest BCUT2D eigenvalue weighted by molar-refractivity contribution is 0.0947. The molecule has 3 aromatic rings. The topological polar surface area (TPSA) is 54.5 Å². The van der Waals surface area contributed by atoms with Crippen LogP contribution in [0.5, 0.6) is 5.75 Å². The average Bonchev–Trinajstić information content (AvgIpc) is 3.15. The Labute approximate surface area is 172 Å². The molecular formula is C21H21F2N3O2S. The molecule has 0 saturated heterocycles. The Bertz CT molecular complexity index is 971. The number of para-hydroxylation sites is 1. The van der Waals surface area contributed by atoms with Gasteiger partial charge in [0.25, 0.3) is 5.91 Å². The molecule has 1 N–H and O–H groups in total. The molecule has 1 heterocycles. The molecule has 3 rings (SSSR count). The van der Waals surface area contributed by atoms with Gasteiger partial charge in [0, 0.05) is 24.5 Å². The van der Waals surface area contributed by atoms with Gasteiger partial charge in [-0.1, -0.05) is 12.1 Å². The van der Waals surface area contributed by atoms with Crippen molar-refractivity contribution in [2.75, 3.05) is 27.2 Å². The maximum Gasteiger partial charge on any atom is 0.270 e. The summed E-state index contributed by atoms with van der Waals surface area (Å²) in [5.41, 5.74) is 1.44. The summed E-state index contributed by atoms with van der Waals surface area (Å²) in [7, 11) is 3.87. The Morgan fingerprint density at radius 1 is 1.17 bits per heavy atom. The number of amides is 1. The molecule has 8 heteroatoms. The van der Waals surface area contributed by atoms with Crippen molar-refractivity contribution in [2.45, 2.75) is 6.61 Å². The molecule has 5 nitrogen and oxygen atoms in total. The quantitative estimate of drug-likeness (QED) is 0.603. The van der Waals surface area contributed by atoms with Gasteiger partial charge in [-0.05, 0) is 43.9 Å². The number of halogens is 2. The van der Waals surface area contributed by atoms with Gasteiger partial charge in [0.1, 0.15) is 34.7 Å². The monoisotopic (exact) mass is 417 g/mol. The minimum atomic E-state index is -0.651. The van der Waals surface area contributed by atoms with Crippen LogP contribution in [-0.4, -0.2) is 43.0 Å². The summed E-state index contributed by atoms with van der Waals surface area (Å²) in [6.45, 7) is 1.28. The molecule has 0 aliphatic heterocycles. The molecule has 0 aliphatic rings. The van der Waals surface area contributed by atoms with Crippen molar-refractivity contribution in [3.8, 4) is 16.3 Å². The largest absolute Gasteiger partial charge is 0.488 e. The second-order valence-electron chi connectivity index (χ2n) is 6.66. The van der Waals surface area contributed by atoms with Gasteiger partial charge in [0.15, 0.2) is 0 Å². The predicted octanol–water partition coefficient (Wildman–Crippen LogP) is 3.96. The van der Waals surface area contributed by atoms with Gasteiger partial charge in [-0.3, -0.25) is 4.79 Å². The van der Waals surface area contributed by atoms with Gasteiger partial charge in [-0.15, -0.1) is 11.3 Å². The van der Waals surface area contributed by atoms with Crippen LogP contribution in [0.1, 0.15) is 16.1 Å². The number of benzene rings is 2. The summed E-state index contributed by atoms with van der Waals surface area (Å²) in [6, 6.07) is 10.5. The van der Waals surface area contributed by atoms with E-state index in [-0.39, 0.29) is 12.5 Å². The Morgan fingerprint density at radius 2 is 1.90 bits per heavy atom. The maximum atomic E-state index is 13.4. The summed E-state index contributed by atoms with van der Waals surface area (Å²) in [6.07, 6.45) is 0. The highest BCUT2D eigenvalue weighted by atomic mass is 32.1. The van der Waals surface area contributed by atoms with Crippen LogP contribution in [-0.2, 0) is 6.61 Å². The highest BCUT2D eigenvalue weighted by Crippen LogP contribution is 2.32. The number of rotatable bonds is 8. The highest BCUT2D eigenvalue weighted by molar-refractivity contribution is 7.13. The fourth-order valence-electron chi connectivity index (χ4n) is 2.61. The zero-order chi connectivity index (χ0) is 20.8. The van der Waals surface area contributed by atoms with Gasteiger partial charge >= 0.3 is 0 Å². The van der Waals surface area contributed by atoms with E-state index in [1.807, 2.05) is 31.1 Å². The first-order chi connectivity index (χ1) is 13.9. The Morgan fingerprint density at radius 3 is 2.62 bits per heavy atom. The zero-order valence-corrected chi connectivity index (χ0v) is 16.9. The van der Waals surface area contributed by atoms with Crippen molar-refractivity contribution >= 4 is 17.2 Å². The summed E-state index contributed by atoms with van der Waals surface area (Å²) < 4.78 is 32.5. The number of thiazole rings is 1. The molecule has 1 aromatic heterocycles. The van der Waals surface area contributed by atoms with E-state index in [1.165, 1.54) is 23.5 Å². The number of aromatic nitrogens is 1. The molecule has 2 aromatic carbocycles. The number of hydrogen-bond acceptors (Lipinski definition) is 5. The van der Waals surface area contributed by atoms with Crippen molar-refractivity contribution in [3.63, 3.8) is 0 Å². The van der Waals surface area contributed by atoms with Crippen LogP contribution in [0.4, 0.5) is 8.78 Å². The van der Waals surface area contributed by atoms with Crippen LogP contribution in [0.15, 0.2) is 47.8 Å². The van der Waals surface area contributed by atoms with Crippen molar-refractivity contribution < 1.29 is 18.3 Å². The Hall–Kier alpha value is -2.84. The summed E-state index contributed by atoms with van der Waals surface area (Å²) in [4.78, 5) is 18.6. The van der Waals surface area contributed by atoms with E-state index in [9.17, 15) is 13.6 Å². The van der Waals surface area contributed by atoms with Crippen LogP contribution in [0.2, 0.25) is 0 Å². The van der Waals surface area contributed by atoms with E-state index in [4.69, 9.17) is 4.74 Å². The second-order valence-corrected chi connectivity index (χ2v) is 7.52. The first-order valence-corrected chi connectivity index (χ1v) is 9.86. The average molecular weight is 417 g/mol. The lowest BCUT2D eigenvalue weighted by Gasteiger charge is -2.10. The third kappa shape index (κ3) is 5.82. The minimum Gasteiger partial charge on any atom is -0.488 e. The molecule has 1 amide bonds. The Balaban J connectivity index is 1.72. The van der Waals surface area contributed by atoms with Gasteiger partial charge < -0.3 is 15.0 Å². The molecular weight excluding hydrogens is 396 g/mol. The molecule has 0 unspecified atom stereocenters. The minimum absolute atomic E-state index is 0.00888. The van der Waals surface area contributed by atoms with E-state index in [2.05, 4.69) is 10.3 Å². The third-order valence-electron chi connectivity index (χ3n) is 4.02. The van der Waals surface area contributed by atoms with Crippen LogP contribution < -0.4 is 10.1 Å². The second kappa shape index (κ2) is 9.58. The number of hydrogen-bond donors (Lipinski definition) is 1. The fourth-order valence-corrected chi connectivity index (χ4v) is 3.44. The molecule has 29 heavy (non-hydrogen) atoms. The van der Waals surface area contributed by atoms with E-state index >= 15 is 0 Å². The molecule has 0 atom stereocenters. The molecule has 0 bridgehead atoms. The van der Waals surface area contributed by atoms with E-state index in [0.717, 1.165) is 12.6 Å². The standard InChI is InChI=1S/C21H21F2N3O2S/c1-26(2)8-7-24-20(27)18-13-29-21(25-18)17-5-3-4-6-19(17)28-12-14-9-15(22)11-16(23)10-14/h3-6,9-11,13H,7-8,12H2,1-2H3,(H,24,27). The van der Waals surface area contributed by atoms with Crippen molar-refractivity contribution in [3.05, 3.63) is 70.7 Å². The van der Waals surface area contributed by atoms with E-state index in [0.29, 0.717) is 34.1 Å². The van der Waals surface area contributed by atoms with Crippen LogP contribution in [0.3, 0.4) is 0 Å². The lowest BCUT2D eigenvalue weighted by Crippen LogP contribution is -2.31. The first-order valence-electron chi connectivity index (χ1n) is 8.98. The van der Waals surface area contributed by atoms with Crippen LogP contribution >= 0.6 is 11.3 Å². The van der Waals surface area contributed by atoms with Crippen LogP contribution in [0.25, 0.3) is 10.6 Å². The van der Waals surface area contributed by atoms with Crippen LogP contribution in [0, 0.1) is 11.6 Å². The van der Waals surface area contributed by atoms with Crippen molar-refractivity contribution in [1.82, 2.24) is 15.2 Å². The predicted molar refractivity (Wildman–Crippen MR) is 109 cm³/mol. The van der Waals surface area contributed by atoms with Gasteiger partial charge in [0.2, 0.25) is 0 Å². The van der Waals surface area contributed by atoms with Gasteiger partial charge in [-0.25, -0.2) is 13.8 Å². The molecule has 0 spiro atoms. The molecule has 0 radical (unpaired) electrons. The summed E-state index contributed by atoms with van der Waals surface area (Å²) in [5.74, 6) is -1.02. The zero-order valence-electron chi connectivity index (χ0n) is 16.1. The lowest BCUT2D eigenvalue weighted by atomic mass is 10.2. The number of nitrogens with one attached hydrogen (secondary N) is 1. The maximum absolute atomic E-state index is 13.4. The molecule has 0 saturated carbocycles. The summed E-state index contributed by atoms with van der Waals surface area (Å²) >= 11 is 1.33. The van der Waals surface area contributed by atoms with Crippen molar-refractivity contribution in [1.29, 1.82) is 0 Å². The van der Waals surface area contributed by atoms with E-state index < -0.39 is 11.6 Å². The third-order valence-corrected chi connectivity index (χ3v) is 4.89. The fraction of sp³-hybridized carbons (Fsp3) is 0.238. The molecule has 152 valence electrons. The van der Waals surface area contributed by atoms with Crippen molar-refractivity contribution in [2.24, 2.45) is 0 Å². The number of ether oxygens (including phenoxy) is 1. The number of carbonyl (C=O) groups excluding carboxylic acids is 1. The smallest absolute Gasteiger partial charge is 0.270 e. The Kier molecular flexibility index (Phi) is 6.90. The highest BCUT2D eigenvalue weighted by Gasteiger charge is 2.15. The summed E-state index contributed by atoms with van der Waals surface area (Å²) in [5, 5.41) is 5.15. The van der Waals surface area contributed by atoms with Gasteiger partial charge in [0.05, 0.1) is 5.56 Å². The number of nitrogens with zero attached hydrogens (tertiary/aromatic N) is 2. The van der Waals surface area contributed by atoms with E-state index in [1.54, 1.807) is 17.5 Å². The molecule has 0 aliphatic carbocycles.